The number of H-pyrrole nitrogens is 1. The summed E-state index contributed by atoms with van der Waals surface area (Å²) in [5.74, 6) is 0.445. The summed E-state index contributed by atoms with van der Waals surface area (Å²) in [4.78, 5) is 25.8. The van der Waals surface area contributed by atoms with E-state index in [2.05, 4.69) is 4.98 Å². The number of aromatic amines is 1. The SMILES string of the molecule is Cc1cn([C@H]2C=C[C@@H](COP3(=O)OCc4cc(-c5ccccc5)ccc4O3)O2)c(=O)[nH]c1=O. The van der Waals surface area contributed by atoms with Gasteiger partial charge < -0.3 is 9.26 Å². The van der Waals surface area contributed by atoms with Crippen molar-refractivity contribution in [3.05, 3.63) is 98.8 Å². The van der Waals surface area contributed by atoms with Gasteiger partial charge in [0.1, 0.15) is 11.9 Å². The van der Waals surface area contributed by atoms with E-state index in [-0.39, 0.29) is 13.2 Å². The molecule has 0 saturated carbocycles. The molecule has 0 fully saturated rings. The zero-order chi connectivity index (χ0) is 23.0. The van der Waals surface area contributed by atoms with Gasteiger partial charge in [0.25, 0.3) is 5.56 Å². The fourth-order valence-electron chi connectivity index (χ4n) is 3.63. The highest BCUT2D eigenvalue weighted by Gasteiger charge is 2.36. The van der Waals surface area contributed by atoms with Crippen LogP contribution in [0, 0.1) is 6.92 Å². The highest BCUT2D eigenvalue weighted by atomic mass is 31.2. The quantitative estimate of drug-likeness (QED) is 0.449. The van der Waals surface area contributed by atoms with Crippen LogP contribution in [-0.4, -0.2) is 22.3 Å². The van der Waals surface area contributed by atoms with E-state index in [1.165, 1.54) is 10.8 Å². The topological polar surface area (TPSA) is 109 Å². The number of hydrogen-bond donors (Lipinski definition) is 1. The van der Waals surface area contributed by atoms with E-state index < -0.39 is 31.4 Å². The first-order chi connectivity index (χ1) is 15.9. The van der Waals surface area contributed by atoms with Gasteiger partial charge in [-0.05, 0) is 36.3 Å². The number of aromatic nitrogens is 2. The van der Waals surface area contributed by atoms with Crippen LogP contribution in [0.5, 0.6) is 5.75 Å². The van der Waals surface area contributed by atoms with Crippen molar-refractivity contribution in [1.29, 1.82) is 0 Å². The van der Waals surface area contributed by atoms with Crippen molar-refractivity contribution >= 4 is 7.82 Å². The molecule has 0 aliphatic carbocycles. The maximum Gasteiger partial charge on any atom is 0.530 e. The Bertz CT molecular complexity index is 1380. The minimum atomic E-state index is -3.83. The molecule has 10 heteroatoms. The van der Waals surface area contributed by atoms with Crippen LogP contribution in [0.4, 0.5) is 0 Å². The molecule has 170 valence electrons. The van der Waals surface area contributed by atoms with Gasteiger partial charge in [0, 0.05) is 17.3 Å². The number of benzene rings is 2. The van der Waals surface area contributed by atoms with Crippen LogP contribution in [0.25, 0.3) is 11.1 Å². The molecule has 2 aliphatic rings. The second-order valence-corrected chi connectivity index (χ2v) is 9.32. The molecule has 3 atom stereocenters. The van der Waals surface area contributed by atoms with Crippen molar-refractivity contribution in [2.75, 3.05) is 6.61 Å². The van der Waals surface area contributed by atoms with Gasteiger partial charge in [0.2, 0.25) is 0 Å². The summed E-state index contributed by atoms with van der Waals surface area (Å²) >= 11 is 0. The summed E-state index contributed by atoms with van der Waals surface area (Å²) in [6.07, 6.45) is 3.48. The number of nitrogens with one attached hydrogen (secondary N) is 1. The number of hydrogen-bond acceptors (Lipinski definition) is 7. The molecule has 9 nitrogen and oxygen atoms in total. The van der Waals surface area contributed by atoms with Gasteiger partial charge >= 0.3 is 13.5 Å². The molecule has 3 aromatic rings. The number of phosphoric ester groups is 1. The van der Waals surface area contributed by atoms with E-state index >= 15 is 0 Å². The number of rotatable bonds is 5. The van der Waals surface area contributed by atoms with Gasteiger partial charge in [-0.3, -0.25) is 23.4 Å². The summed E-state index contributed by atoms with van der Waals surface area (Å²) in [5.41, 5.74) is 2.19. The zero-order valence-electron chi connectivity index (χ0n) is 17.7. The predicted octanol–water partition coefficient (Wildman–Crippen LogP) is 3.70. The molecule has 1 unspecified atom stereocenters. The molecule has 0 amide bonds. The van der Waals surface area contributed by atoms with Gasteiger partial charge in [-0.2, -0.15) is 0 Å². The van der Waals surface area contributed by atoms with Crippen LogP contribution >= 0.6 is 7.82 Å². The summed E-state index contributed by atoms with van der Waals surface area (Å²) in [5, 5.41) is 0. The van der Waals surface area contributed by atoms with E-state index in [4.69, 9.17) is 18.3 Å². The Balaban J connectivity index is 1.22. The molecule has 3 heterocycles. The van der Waals surface area contributed by atoms with Gasteiger partial charge in [-0.1, -0.05) is 42.5 Å². The van der Waals surface area contributed by atoms with Gasteiger partial charge in [0.05, 0.1) is 13.2 Å². The third-order valence-electron chi connectivity index (χ3n) is 5.38. The zero-order valence-corrected chi connectivity index (χ0v) is 18.6. The van der Waals surface area contributed by atoms with E-state index in [0.717, 1.165) is 16.7 Å². The fourth-order valence-corrected chi connectivity index (χ4v) is 4.86. The lowest BCUT2D eigenvalue weighted by molar-refractivity contribution is -0.0130. The van der Waals surface area contributed by atoms with Crippen LogP contribution in [0.15, 0.2) is 76.5 Å². The largest absolute Gasteiger partial charge is 0.530 e. The molecule has 0 spiro atoms. The second-order valence-electron chi connectivity index (χ2n) is 7.72. The smallest absolute Gasteiger partial charge is 0.404 e. The maximum atomic E-state index is 13.0. The van der Waals surface area contributed by atoms with Crippen molar-refractivity contribution in [3.63, 3.8) is 0 Å². The number of ether oxygens (including phenoxy) is 1. The van der Waals surface area contributed by atoms with Crippen LogP contribution in [0.1, 0.15) is 17.4 Å². The molecule has 2 aliphatic heterocycles. The standard InChI is InChI=1S/C23H21N2O7P/c1-15-12-25(23(27)24-22(15)26)21-10-8-19(31-21)14-30-33(28)29-13-18-11-17(7-9-20(18)32-33)16-5-3-2-4-6-16/h2-12,19,21H,13-14H2,1H3,(H,24,26,27)/t19-,21+,33?/m0/s1. The molecular formula is C23H21N2O7P. The highest BCUT2D eigenvalue weighted by molar-refractivity contribution is 7.49. The number of phosphoric acid groups is 1. The molecule has 1 aromatic heterocycles. The maximum absolute atomic E-state index is 13.0. The predicted molar refractivity (Wildman–Crippen MR) is 120 cm³/mol. The van der Waals surface area contributed by atoms with Crippen LogP contribution in [0.3, 0.4) is 0 Å². The monoisotopic (exact) mass is 468 g/mol. The van der Waals surface area contributed by atoms with Crippen LogP contribution in [-0.2, 0) is 25.0 Å². The highest BCUT2D eigenvalue weighted by Crippen LogP contribution is 2.55. The Morgan fingerprint density at radius 1 is 1.12 bits per heavy atom. The van der Waals surface area contributed by atoms with Crippen LogP contribution < -0.4 is 15.8 Å². The lowest BCUT2D eigenvalue weighted by atomic mass is 10.0. The summed E-state index contributed by atoms with van der Waals surface area (Å²) in [7, 11) is -3.83. The lowest BCUT2D eigenvalue weighted by Gasteiger charge is -2.26. The Kier molecular flexibility index (Phi) is 5.64. The number of aryl methyl sites for hydroxylation is 1. The van der Waals surface area contributed by atoms with Crippen molar-refractivity contribution in [3.8, 4) is 16.9 Å². The van der Waals surface area contributed by atoms with Gasteiger partial charge in [-0.15, -0.1) is 0 Å². The molecule has 33 heavy (non-hydrogen) atoms. The van der Waals surface area contributed by atoms with Crippen LogP contribution in [0.2, 0.25) is 0 Å². The normalized spacial score (nSPS) is 23.8. The average molecular weight is 468 g/mol. The first-order valence-corrected chi connectivity index (χ1v) is 11.8. The van der Waals surface area contributed by atoms with E-state index in [1.54, 1.807) is 25.1 Å². The van der Waals surface area contributed by atoms with E-state index in [0.29, 0.717) is 11.3 Å². The molecule has 0 radical (unpaired) electrons. The van der Waals surface area contributed by atoms with Crippen molar-refractivity contribution in [2.24, 2.45) is 0 Å². The first kappa shape index (κ1) is 21.6. The molecular weight excluding hydrogens is 447 g/mol. The van der Waals surface area contributed by atoms with E-state index in [9.17, 15) is 14.2 Å². The van der Waals surface area contributed by atoms with E-state index in [1.807, 2.05) is 42.5 Å². The van der Waals surface area contributed by atoms with Crippen molar-refractivity contribution < 1.29 is 22.9 Å². The Labute approximate surface area is 188 Å². The van der Waals surface area contributed by atoms with Crippen molar-refractivity contribution in [1.82, 2.24) is 9.55 Å². The fraction of sp³-hybridized carbons (Fsp3) is 0.217. The third kappa shape index (κ3) is 4.49. The molecule has 0 saturated heterocycles. The number of fused-ring (bicyclic) bond motifs is 1. The lowest BCUT2D eigenvalue weighted by Crippen LogP contribution is -2.33. The summed E-state index contributed by atoms with van der Waals surface area (Å²) in [6, 6.07) is 15.5. The second kappa shape index (κ2) is 8.61. The third-order valence-corrected chi connectivity index (χ3v) is 6.71. The first-order valence-electron chi connectivity index (χ1n) is 10.3. The summed E-state index contributed by atoms with van der Waals surface area (Å²) < 4.78 is 36.5. The number of nitrogens with zero attached hydrogens (tertiary/aromatic N) is 1. The molecule has 5 rings (SSSR count). The van der Waals surface area contributed by atoms with Gasteiger partial charge in [-0.25, -0.2) is 9.36 Å². The van der Waals surface area contributed by atoms with Crippen molar-refractivity contribution in [2.45, 2.75) is 25.9 Å². The Morgan fingerprint density at radius 2 is 1.94 bits per heavy atom. The molecule has 0 bridgehead atoms. The molecule has 2 aromatic carbocycles. The average Bonchev–Trinajstić information content (AvgIpc) is 3.29. The summed E-state index contributed by atoms with van der Waals surface area (Å²) in [6.45, 7) is 1.58. The minimum Gasteiger partial charge on any atom is -0.404 e. The Hall–Kier alpha value is -3.23. The molecule has 1 N–H and O–H groups in total. The Morgan fingerprint density at radius 3 is 2.76 bits per heavy atom. The van der Waals surface area contributed by atoms with Gasteiger partial charge in [0.15, 0.2) is 6.23 Å². The minimum absolute atomic E-state index is 0.0866.